The van der Waals surface area contributed by atoms with Gasteiger partial charge in [-0.1, -0.05) is 12.1 Å². The molecule has 0 atom stereocenters. The van der Waals surface area contributed by atoms with Gasteiger partial charge < -0.3 is 15.4 Å². The highest BCUT2D eigenvalue weighted by atomic mass is 16.6. The number of hydrogen-bond donors (Lipinski definition) is 2. The van der Waals surface area contributed by atoms with Gasteiger partial charge in [-0.2, -0.15) is 0 Å². The first-order valence-electron chi connectivity index (χ1n) is 8.58. The number of carbonyl (C=O) groups excluding carboxylic acids is 2. The lowest BCUT2D eigenvalue weighted by Gasteiger charge is -2.12. The predicted octanol–water partition coefficient (Wildman–Crippen LogP) is 4.11. The van der Waals surface area contributed by atoms with E-state index in [0.29, 0.717) is 17.1 Å². The number of anilines is 2. The number of nitro groups is 1. The zero-order valence-electron chi connectivity index (χ0n) is 15.4. The molecule has 3 rings (SSSR count). The van der Waals surface area contributed by atoms with Crippen LogP contribution in [0.1, 0.15) is 20.7 Å². The maximum absolute atomic E-state index is 12.7. The number of nitro benzene ring substituents is 1. The molecule has 0 fully saturated rings. The van der Waals surface area contributed by atoms with Crippen molar-refractivity contribution < 1.29 is 19.2 Å². The Labute approximate surface area is 166 Å². The quantitative estimate of drug-likeness (QED) is 0.485. The van der Waals surface area contributed by atoms with Crippen molar-refractivity contribution >= 4 is 28.9 Å². The molecule has 0 aliphatic carbocycles. The minimum absolute atomic E-state index is 0.110. The number of nitrogens with one attached hydrogen (secondary N) is 2. The van der Waals surface area contributed by atoms with E-state index in [4.69, 9.17) is 4.74 Å². The van der Waals surface area contributed by atoms with Crippen LogP contribution in [-0.2, 0) is 0 Å². The molecule has 0 heterocycles. The van der Waals surface area contributed by atoms with E-state index in [9.17, 15) is 19.7 Å². The molecule has 3 aromatic carbocycles. The maximum atomic E-state index is 12.7. The number of carbonyl (C=O) groups is 2. The molecule has 0 saturated heterocycles. The fourth-order valence-electron chi connectivity index (χ4n) is 2.59. The van der Waals surface area contributed by atoms with E-state index in [-0.39, 0.29) is 16.8 Å². The van der Waals surface area contributed by atoms with E-state index in [1.807, 2.05) is 0 Å². The molecule has 146 valence electrons. The smallest absolute Gasteiger partial charge is 0.269 e. The molecule has 0 radical (unpaired) electrons. The van der Waals surface area contributed by atoms with E-state index in [1.54, 1.807) is 55.6 Å². The van der Waals surface area contributed by atoms with Crippen LogP contribution in [0.15, 0.2) is 72.8 Å². The van der Waals surface area contributed by atoms with Crippen molar-refractivity contribution in [1.82, 2.24) is 0 Å². The number of hydrogen-bond acceptors (Lipinski definition) is 5. The topological polar surface area (TPSA) is 111 Å². The van der Waals surface area contributed by atoms with Crippen LogP contribution in [-0.4, -0.2) is 23.8 Å². The zero-order valence-corrected chi connectivity index (χ0v) is 15.4. The molecular formula is C21H17N3O5. The molecule has 2 amide bonds. The predicted molar refractivity (Wildman–Crippen MR) is 108 cm³/mol. The van der Waals surface area contributed by atoms with E-state index in [1.165, 1.54) is 24.3 Å². The third kappa shape index (κ3) is 4.75. The Bertz CT molecular complexity index is 1050. The molecular weight excluding hydrogens is 374 g/mol. The molecule has 3 aromatic rings. The lowest BCUT2D eigenvalue weighted by molar-refractivity contribution is -0.384. The second-order valence-electron chi connectivity index (χ2n) is 5.99. The van der Waals surface area contributed by atoms with Crippen LogP contribution in [0.5, 0.6) is 5.75 Å². The average Bonchev–Trinajstić information content (AvgIpc) is 2.74. The van der Waals surface area contributed by atoms with E-state index in [2.05, 4.69) is 10.6 Å². The summed E-state index contributed by atoms with van der Waals surface area (Å²) < 4.78 is 5.09. The number of non-ortho nitro benzene ring substituents is 1. The normalized spacial score (nSPS) is 10.1. The van der Waals surface area contributed by atoms with Crippen molar-refractivity contribution in [3.05, 3.63) is 94.0 Å². The van der Waals surface area contributed by atoms with Gasteiger partial charge in [-0.25, -0.2) is 0 Å². The first-order valence-corrected chi connectivity index (χ1v) is 8.58. The summed E-state index contributed by atoms with van der Waals surface area (Å²) >= 11 is 0. The largest absolute Gasteiger partial charge is 0.497 e. The first-order chi connectivity index (χ1) is 14.0. The third-order valence-corrected chi connectivity index (χ3v) is 4.11. The highest BCUT2D eigenvalue weighted by molar-refractivity contribution is 6.12. The molecule has 8 nitrogen and oxygen atoms in total. The average molecular weight is 391 g/mol. The van der Waals surface area contributed by atoms with Crippen molar-refractivity contribution in [1.29, 1.82) is 0 Å². The van der Waals surface area contributed by atoms with Gasteiger partial charge >= 0.3 is 0 Å². The number of para-hydroxylation sites is 1. The van der Waals surface area contributed by atoms with Crippen LogP contribution in [0, 0.1) is 10.1 Å². The standard InChI is InChI=1S/C21H17N3O5/c1-29-17-12-8-15(9-13-17)22-21(26)18-4-2-3-5-19(18)23-20(25)14-6-10-16(11-7-14)24(27)28/h2-13H,1H3,(H,22,26)(H,23,25). The molecule has 0 unspecified atom stereocenters. The Morgan fingerprint density at radius 2 is 1.52 bits per heavy atom. The number of benzene rings is 3. The molecule has 0 aliphatic heterocycles. The Morgan fingerprint density at radius 3 is 2.14 bits per heavy atom. The van der Waals surface area contributed by atoms with Crippen molar-refractivity contribution in [3.8, 4) is 5.75 Å². The highest BCUT2D eigenvalue weighted by Gasteiger charge is 2.15. The molecule has 29 heavy (non-hydrogen) atoms. The summed E-state index contributed by atoms with van der Waals surface area (Å²) in [6, 6.07) is 18.6. The van der Waals surface area contributed by atoms with Gasteiger partial charge in [0, 0.05) is 23.4 Å². The Balaban J connectivity index is 1.76. The lowest BCUT2D eigenvalue weighted by atomic mass is 10.1. The van der Waals surface area contributed by atoms with Crippen molar-refractivity contribution in [2.45, 2.75) is 0 Å². The fraction of sp³-hybridized carbons (Fsp3) is 0.0476. The molecule has 0 saturated carbocycles. The molecule has 0 aliphatic rings. The summed E-state index contributed by atoms with van der Waals surface area (Å²) in [5, 5.41) is 16.2. The minimum atomic E-state index is -0.541. The van der Waals surface area contributed by atoms with Gasteiger partial charge in [-0.15, -0.1) is 0 Å². The molecule has 0 bridgehead atoms. The number of amides is 2. The van der Waals surface area contributed by atoms with Gasteiger partial charge in [0.15, 0.2) is 0 Å². The van der Waals surface area contributed by atoms with Gasteiger partial charge in [0.05, 0.1) is 23.3 Å². The van der Waals surface area contributed by atoms with E-state index in [0.717, 1.165) is 0 Å². The minimum Gasteiger partial charge on any atom is -0.497 e. The number of nitrogens with zero attached hydrogens (tertiary/aromatic N) is 1. The third-order valence-electron chi connectivity index (χ3n) is 4.11. The molecule has 8 heteroatoms. The first kappa shape index (κ1) is 19.6. The van der Waals surface area contributed by atoms with Crippen LogP contribution < -0.4 is 15.4 Å². The van der Waals surface area contributed by atoms with E-state index >= 15 is 0 Å². The number of rotatable bonds is 6. The Kier molecular flexibility index (Phi) is 5.84. The number of ether oxygens (including phenoxy) is 1. The summed E-state index contributed by atoms with van der Waals surface area (Å²) in [5.41, 5.74) is 1.30. The van der Waals surface area contributed by atoms with Crippen LogP contribution in [0.25, 0.3) is 0 Å². The van der Waals surface area contributed by atoms with Gasteiger partial charge in [0.25, 0.3) is 17.5 Å². The zero-order chi connectivity index (χ0) is 20.8. The Morgan fingerprint density at radius 1 is 0.862 bits per heavy atom. The van der Waals surface area contributed by atoms with Crippen molar-refractivity contribution in [3.63, 3.8) is 0 Å². The van der Waals surface area contributed by atoms with Gasteiger partial charge in [0.1, 0.15) is 5.75 Å². The Hall–Kier alpha value is -4.20. The van der Waals surface area contributed by atoms with Crippen LogP contribution in [0.3, 0.4) is 0 Å². The fourth-order valence-corrected chi connectivity index (χ4v) is 2.59. The summed E-state index contributed by atoms with van der Waals surface area (Å²) in [5.74, 6) is -0.210. The lowest BCUT2D eigenvalue weighted by Crippen LogP contribution is -2.18. The molecule has 0 spiro atoms. The van der Waals surface area contributed by atoms with Crippen LogP contribution in [0.2, 0.25) is 0 Å². The monoisotopic (exact) mass is 391 g/mol. The van der Waals surface area contributed by atoms with E-state index < -0.39 is 16.7 Å². The summed E-state index contributed by atoms with van der Waals surface area (Å²) in [4.78, 5) is 35.3. The van der Waals surface area contributed by atoms with Gasteiger partial charge in [-0.3, -0.25) is 19.7 Å². The summed E-state index contributed by atoms with van der Waals surface area (Å²) in [6.07, 6.45) is 0. The molecule has 0 aromatic heterocycles. The summed E-state index contributed by atoms with van der Waals surface area (Å²) in [6.45, 7) is 0. The van der Waals surface area contributed by atoms with Crippen LogP contribution >= 0.6 is 0 Å². The number of methoxy groups -OCH3 is 1. The van der Waals surface area contributed by atoms with Crippen molar-refractivity contribution in [2.24, 2.45) is 0 Å². The SMILES string of the molecule is COc1ccc(NC(=O)c2ccccc2NC(=O)c2ccc([N+](=O)[O-])cc2)cc1. The molecule has 2 N–H and O–H groups in total. The van der Waals surface area contributed by atoms with Crippen LogP contribution in [0.4, 0.5) is 17.1 Å². The maximum Gasteiger partial charge on any atom is 0.269 e. The highest BCUT2D eigenvalue weighted by Crippen LogP contribution is 2.20. The van der Waals surface area contributed by atoms with Gasteiger partial charge in [-0.05, 0) is 48.5 Å². The van der Waals surface area contributed by atoms with Crippen molar-refractivity contribution in [2.75, 3.05) is 17.7 Å². The second-order valence-corrected chi connectivity index (χ2v) is 5.99. The van der Waals surface area contributed by atoms with Gasteiger partial charge in [0.2, 0.25) is 0 Å². The summed E-state index contributed by atoms with van der Waals surface area (Å²) in [7, 11) is 1.55. The second kappa shape index (κ2) is 8.66.